The van der Waals surface area contributed by atoms with Gasteiger partial charge in [-0.15, -0.1) is 5.10 Å². The largest absolute Gasteiger partial charge is 0.481 e. The monoisotopic (exact) mass is 376 g/mol. The molecule has 2 aromatic rings. The van der Waals surface area contributed by atoms with E-state index in [2.05, 4.69) is 20.3 Å². The lowest BCUT2D eigenvalue weighted by Crippen LogP contribution is -2.27. The second-order valence-electron chi connectivity index (χ2n) is 7.64. The smallest absolute Gasteiger partial charge is 0.303 e. The Labute approximate surface area is 153 Å². The normalized spacial score (nSPS) is 27.5. The first-order chi connectivity index (χ1) is 12.8. The fraction of sp³-hybridized carbons (Fsp3) is 0.588. The maximum atomic E-state index is 14.4. The number of piperidine rings is 1. The van der Waals surface area contributed by atoms with Crippen LogP contribution in [-0.4, -0.2) is 49.1 Å². The molecule has 2 unspecified atom stereocenters. The number of aromatic nitrogens is 5. The highest BCUT2D eigenvalue weighted by molar-refractivity contribution is 5.68. The van der Waals surface area contributed by atoms with Crippen LogP contribution in [0.25, 0.3) is 11.5 Å². The number of alkyl halides is 2. The Kier molecular flexibility index (Phi) is 3.32. The molecule has 1 saturated heterocycles. The van der Waals surface area contributed by atoms with E-state index in [0.717, 1.165) is 0 Å². The van der Waals surface area contributed by atoms with Crippen molar-refractivity contribution >= 4 is 11.8 Å². The molecule has 1 aliphatic heterocycles. The summed E-state index contributed by atoms with van der Waals surface area (Å²) >= 11 is 0. The van der Waals surface area contributed by atoms with Crippen molar-refractivity contribution in [1.29, 1.82) is 0 Å². The highest BCUT2D eigenvalue weighted by Crippen LogP contribution is 2.55. The van der Waals surface area contributed by atoms with Crippen LogP contribution in [0.15, 0.2) is 6.20 Å². The predicted octanol–water partition coefficient (Wildman–Crippen LogP) is 1.47. The fourth-order valence-electron chi connectivity index (χ4n) is 4.60. The number of fused-ring (bicyclic) bond motifs is 2. The summed E-state index contributed by atoms with van der Waals surface area (Å²) in [5.41, 5.74) is 0.788. The van der Waals surface area contributed by atoms with Gasteiger partial charge in [0, 0.05) is 38.5 Å². The van der Waals surface area contributed by atoms with Crippen molar-refractivity contribution in [3.05, 3.63) is 17.5 Å². The van der Waals surface area contributed by atoms with Crippen molar-refractivity contribution in [1.82, 2.24) is 25.0 Å². The van der Waals surface area contributed by atoms with Gasteiger partial charge in [0.05, 0.1) is 6.20 Å². The van der Waals surface area contributed by atoms with Crippen LogP contribution in [0.2, 0.25) is 0 Å². The highest BCUT2D eigenvalue weighted by Gasteiger charge is 2.57. The van der Waals surface area contributed by atoms with E-state index in [4.69, 9.17) is 5.11 Å². The van der Waals surface area contributed by atoms with Gasteiger partial charge in [-0.2, -0.15) is 8.78 Å². The number of aryl methyl sites for hydroxylation is 1. The number of hydrogen-bond acceptors (Lipinski definition) is 6. The molecule has 2 fully saturated rings. The fourth-order valence-corrected chi connectivity index (χ4v) is 4.60. The number of rotatable bonds is 4. The van der Waals surface area contributed by atoms with Crippen LogP contribution >= 0.6 is 0 Å². The van der Waals surface area contributed by atoms with E-state index in [1.165, 1.54) is 10.9 Å². The third-order valence-electron chi connectivity index (χ3n) is 6.05. The molecule has 0 amide bonds. The third-order valence-corrected chi connectivity index (χ3v) is 6.05. The zero-order valence-electron chi connectivity index (χ0n) is 14.6. The van der Waals surface area contributed by atoms with E-state index in [9.17, 15) is 13.6 Å². The molecule has 0 bridgehead atoms. The van der Waals surface area contributed by atoms with Gasteiger partial charge < -0.3 is 10.0 Å². The molecular weight excluding hydrogens is 358 g/mol. The number of aliphatic carboxylic acids is 1. The van der Waals surface area contributed by atoms with Gasteiger partial charge in [-0.3, -0.25) is 4.79 Å². The summed E-state index contributed by atoms with van der Waals surface area (Å²) in [6.45, 7) is 1.31. The zero-order chi connectivity index (χ0) is 18.9. The molecule has 3 aliphatic rings. The number of carbonyl (C=O) groups is 1. The Bertz CT molecular complexity index is 934. The average molecular weight is 376 g/mol. The second-order valence-corrected chi connectivity index (χ2v) is 7.64. The van der Waals surface area contributed by atoms with Gasteiger partial charge in [0.1, 0.15) is 17.2 Å². The van der Waals surface area contributed by atoms with E-state index < -0.39 is 11.9 Å². The number of carboxylic acids is 1. The quantitative estimate of drug-likeness (QED) is 0.863. The van der Waals surface area contributed by atoms with Crippen molar-refractivity contribution in [2.24, 2.45) is 24.8 Å². The number of hydrogen-bond donors (Lipinski definition) is 1. The molecule has 2 aliphatic carbocycles. The molecule has 27 heavy (non-hydrogen) atoms. The SMILES string of the molecule is Cn1nncc1-c1nc(N2CC3C(CC(=O)O)C3C2)c2c(n1)C(F)(F)CC2. The van der Waals surface area contributed by atoms with E-state index >= 15 is 0 Å². The molecule has 0 radical (unpaired) electrons. The number of carboxylic acid groups (broad SMARTS) is 1. The summed E-state index contributed by atoms with van der Waals surface area (Å²) in [7, 11) is 1.66. The molecule has 10 heteroatoms. The van der Waals surface area contributed by atoms with Crippen molar-refractivity contribution in [3.8, 4) is 11.5 Å². The standard InChI is InChI=1S/C17H18F2N6O2/c1-24-12(5-20-23-24)15-21-14-8(2-3-17(14,18)19)16(22-15)25-6-10-9(4-13(26)27)11(10)7-25/h5,9-11H,2-4,6-7H2,1H3,(H,26,27). The van der Waals surface area contributed by atoms with Crippen LogP contribution in [0.3, 0.4) is 0 Å². The average Bonchev–Trinajstić information content (AvgIpc) is 3.03. The molecule has 1 N–H and O–H groups in total. The maximum Gasteiger partial charge on any atom is 0.303 e. The van der Waals surface area contributed by atoms with Crippen LogP contribution in [0.1, 0.15) is 24.1 Å². The first-order valence-electron chi connectivity index (χ1n) is 8.96. The highest BCUT2D eigenvalue weighted by atomic mass is 19.3. The zero-order valence-corrected chi connectivity index (χ0v) is 14.6. The van der Waals surface area contributed by atoms with Crippen molar-refractivity contribution in [3.63, 3.8) is 0 Å². The molecule has 5 rings (SSSR count). The van der Waals surface area contributed by atoms with Crippen LogP contribution in [0, 0.1) is 17.8 Å². The van der Waals surface area contributed by atoms with Gasteiger partial charge in [-0.05, 0) is 24.2 Å². The summed E-state index contributed by atoms with van der Waals surface area (Å²) in [6.07, 6.45) is 1.61. The van der Waals surface area contributed by atoms with Gasteiger partial charge in [0.2, 0.25) is 0 Å². The van der Waals surface area contributed by atoms with E-state index in [1.54, 1.807) is 7.05 Å². The molecule has 3 heterocycles. The van der Waals surface area contributed by atoms with E-state index in [-0.39, 0.29) is 36.7 Å². The van der Waals surface area contributed by atoms with Crippen LogP contribution < -0.4 is 4.90 Å². The predicted molar refractivity (Wildman–Crippen MR) is 89.2 cm³/mol. The lowest BCUT2D eigenvalue weighted by Gasteiger charge is -2.24. The second kappa shape index (κ2) is 5.43. The molecule has 2 atom stereocenters. The molecule has 2 aromatic heterocycles. The Morgan fingerprint density at radius 2 is 2.07 bits per heavy atom. The Balaban J connectivity index is 1.51. The molecular formula is C17H18F2N6O2. The lowest BCUT2D eigenvalue weighted by molar-refractivity contribution is -0.137. The van der Waals surface area contributed by atoms with Gasteiger partial charge in [0.15, 0.2) is 5.82 Å². The van der Waals surface area contributed by atoms with Gasteiger partial charge in [0.25, 0.3) is 5.92 Å². The minimum Gasteiger partial charge on any atom is -0.481 e. The Morgan fingerprint density at radius 3 is 2.70 bits per heavy atom. The summed E-state index contributed by atoms with van der Waals surface area (Å²) in [6, 6.07) is 0. The van der Waals surface area contributed by atoms with Crippen molar-refractivity contribution < 1.29 is 18.7 Å². The summed E-state index contributed by atoms with van der Waals surface area (Å²) in [5.74, 6) is -2.21. The third kappa shape index (κ3) is 2.49. The number of nitrogens with zero attached hydrogens (tertiary/aromatic N) is 6. The molecule has 142 valence electrons. The van der Waals surface area contributed by atoms with Crippen LogP contribution in [0.4, 0.5) is 14.6 Å². The lowest BCUT2D eigenvalue weighted by atomic mass is 10.1. The topological polar surface area (TPSA) is 97.0 Å². The van der Waals surface area contributed by atoms with Gasteiger partial charge in [-0.1, -0.05) is 5.21 Å². The van der Waals surface area contributed by atoms with E-state index in [0.29, 0.717) is 42.0 Å². The van der Waals surface area contributed by atoms with E-state index in [1.807, 2.05) is 4.90 Å². The molecule has 8 nitrogen and oxygen atoms in total. The first-order valence-corrected chi connectivity index (χ1v) is 8.96. The van der Waals surface area contributed by atoms with Gasteiger partial charge in [-0.25, -0.2) is 14.6 Å². The molecule has 0 spiro atoms. The summed E-state index contributed by atoms with van der Waals surface area (Å²) < 4.78 is 30.3. The molecule has 0 aromatic carbocycles. The summed E-state index contributed by atoms with van der Waals surface area (Å²) in [5, 5.41) is 16.6. The number of halogens is 2. The van der Waals surface area contributed by atoms with Crippen LogP contribution in [0.5, 0.6) is 0 Å². The van der Waals surface area contributed by atoms with Crippen LogP contribution in [-0.2, 0) is 24.2 Å². The summed E-state index contributed by atoms with van der Waals surface area (Å²) in [4.78, 5) is 21.7. The van der Waals surface area contributed by atoms with Crippen molar-refractivity contribution in [2.75, 3.05) is 18.0 Å². The minimum atomic E-state index is -2.97. The minimum absolute atomic E-state index is 0.176. The first kappa shape index (κ1) is 16.5. The van der Waals surface area contributed by atoms with Crippen molar-refractivity contribution in [2.45, 2.75) is 25.2 Å². The molecule has 1 saturated carbocycles. The maximum absolute atomic E-state index is 14.4. The Morgan fingerprint density at radius 1 is 1.33 bits per heavy atom. The van der Waals surface area contributed by atoms with Gasteiger partial charge >= 0.3 is 5.97 Å². The Hall–Kier alpha value is -2.65. The number of anilines is 1.